The standard InChI is InChI=1S/C28H29FN4O5S/c1-17(30-27(36)38-28(2,3)4)24(34)31-20-12-10-18(11-13-20)23-25(35)33(16-22-9-6-14-37-22)26(39-23)32-21-8-5-7-19(29)15-21/h5-15,17,23H,16H2,1-4H3,(H,30,36)(H,31,34)/b32-26+/t17-,23?/m0/s1. The number of carbonyl (C=O) groups is 3. The van der Waals surface area contributed by atoms with E-state index in [1.807, 2.05) is 0 Å². The minimum atomic E-state index is -0.830. The van der Waals surface area contributed by atoms with E-state index in [0.717, 1.165) is 0 Å². The number of benzene rings is 2. The van der Waals surface area contributed by atoms with E-state index in [0.29, 0.717) is 27.9 Å². The van der Waals surface area contributed by atoms with Crippen LogP contribution in [0.1, 0.15) is 44.3 Å². The van der Waals surface area contributed by atoms with Crippen molar-refractivity contribution >= 4 is 46.2 Å². The molecule has 3 aromatic rings. The first kappa shape index (κ1) is 27.9. The fraction of sp³-hybridized carbons (Fsp3) is 0.286. The number of carbonyl (C=O) groups excluding carboxylic acids is 3. The molecule has 3 amide bonds. The molecule has 2 aromatic carbocycles. The van der Waals surface area contributed by atoms with Crippen LogP contribution in [0, 0.1) is 5.82 Å². The molecule has 4 rings (SSSR count). The lowest BCUT2D eigenvalue weighted by atomic mass is 10.1. The van der Waals surface area contributed by atoms with Gasteiger partial charge in [0.05, 0.1) is 18.5 Å². The number of ether oxygens (including phenoxy) is 1. The molecule has 9 nitrogen and oxygen atoms in total. The smallest absolute Gasteiger partial charge is 0.408 e. The van der Waals surface area contributed by atoms with Crippen LogP contribution >= 0.6 is 11.8 Å². The monoisotopic (exact) mass is 552 g/mol. The van der Waals surface area contributed by atoms with Crippen LogP contribution in [0.5, 0.6) is 0 Å². The SMILES string of the molecule is C[C@H](NC(=O)OC(C)(C)C)C(=O)Nc1ccc(C2S/C(=N/c3cccc(F)c3)N(Cc3ccco3)C2=O)cc1. The zero-order valence-corrected chi connectivity index (χ0v) is 22.8. The Balaban J connectivity index is 1.47. The molecule has 1 aromatic heterocycles. The number of alkyl carbamates (subject to hydrolysis) is 1. The van der Waals surface area contributed by atoms with E-state index in [1.54, 1.807) is 76.2 Å². The summed E-state index contributed by atoms with van der Waals surface area (Å²) in [7, 11) is 0. The van der Waals surface area contributed by atoms with Crippen molar-refractivity contribution in [1.29, 1.82) is 0 Å². The molecular formula is C28H29FN4O5S. The van der Waals surface area contributed by atoms with Gasteiger partial charge in [0.2, 0.25) is 11.8 Å². The molecule has 2 heterocycles. The van der Waals surface area contributed by atoms with Gasteiger partial charge >= 0.3 is 6.09 Å². The highest BCUT2D eigenvalue weighted by Crippen LogP contribution is 2.41. The fourth-order valence-corrected chi connectivity index (χ4v) is 4.83. The molecule has 0 radical (unpaired) electrons. The summed E-state index contributed by atoms with van der Waals surface area (Å²) in [6.45, 7) is 6.94. The van der Waals surface area contributed by atoms with Crippen LogP contribution < -0.4 is 10.6 Å². The van der Waals surface area contributed by atoms with Gasteiger partial charge in [-0.3, -0.25) is 14.5 Å². The van der Waals surface area contributed by atoms with Crippen molar-refractivity contribution in [2.24, 2.45) is 4.99 Å². The molecule has 1 saturated heterocycles. The van der Waals surface area contributed by atoms with Crippen LogP contribution in [0.4, 0.5) is 20.6 Å². The summed E-state index contributed by atoms with van der Waals surface area (Å²) in [6.07, 6.45) is 0.841. The quantitative estimate of drug-likeness (QED) is 0.385. The molecule has 204 valence electrons. The Morgan fingerprint density at radius 3 is 2.54 bits per heavy atom. The maximum Gasteiger partial charge on any atom is 0.408 e. The summed E-state index contributed by atoms with van der Waals surface area (Å²) in [5.41, 5.74) is 0.916. The minimum absolute atomic E-state index is 0.181. The van der Waals surface area contributed by atoms with Crippen LogP contribution in [-0.2, 0) is 20.9 Å². The molecule has 0 saturated carbocycles. The van der Waals surface area contributed by atoms with E-state index in [-0.39, 0.29) is 12.5 Å². The number of hydrogen-bond acceptors (Lipinski definition) is 7. The van der Waals surface area contributed by atoms with Gasteiger partial charge in [0.25, 0.3) is 0 Å². The van der Waals surface area contributed by atoms with Gasteiger partial charge in [0.15, 0.2) is 5.17 Å². The molecule has 0 spiro atoms. The summed E-state index contributed by atoms with van der Waals surface area (Å²) in [6, 6.07) is 15.4. The number of thioether (sulfide) groups is 1. The first-order chi connectivity index (χ1) is 18.5. The second-order valence-electron chi connectivity index (χ2n) is 9.86. The minimum Gasteiger partial charge on any atom is -0.467 e. The van der Waals surface area contributed by atoms with E-state index < -0.39 is 34.7 Å². The van der Waals surface area contributed by atoms with Gasteiger partial charge in [0, 0.05) is 5.69 Å². The number of furan rings is 1. The van der Waals surface area contributed by atoms with Gasteiger partial charge in [0.1, 0.15) is 28.5 Å². The fourth-order valence-electron chi connectivity index (χ4n) is 3.65. The van der Waals surface area contributed by atoms with Crippen molar-refractivity contribution in [2.45, 2.75) is 51.1 Å². The zero-order chi connectivity index (χ0) is 28.2. The van der Waals surface area contributed by atoms with Crippen LogP contribution in [-0.4, -0.2) is 39.6 Å². The predicted molar refractivity (Wildman–Crippen MR) is 147 cm³/mol. The number of nitrogens with one attached hydrogen (secondary N) is 2. The third kappa shape index (κ3) is 7.47. The third-order valence-corrected chi connectivity index (χ3v) is 6.71. The Labute approximate surface area is 229 Å². The highest BCUT2D eigenvalue weighted by molar-refractivity contribution is 8.15. The molecule has 2 N–H and O–H groups in total. The molecule has 2 atom stereocenters. The van der Waals surface area contributed by atoms with Gasteiger partial charge < -0.3 is 19.8 Å². The highest BCUT2D eigenvalue weighted by Gasteiger charge is 2.39. The average molecular weight is 553 g/mol. The Morgan fingerprint density at radius 2 is 1.90 bits per heavy atom. The Morgan fingerprint density at radius 1 is 1.15 bits per heavy atom. The second-order valence-corrected chi connectivity index (χ2v) is 10.9. The van der Waals surface area contributed by atoms with E-state index in [4.69, 9.17) is 9.15 Å². The summed E-state index contributed by atoms with van der Waals surface area (Å²) < 4.78 is 24.4. The van der Waals surface area contributed by atoms with E-state index in [1.165, 1.54) is 35.1 Å². The first-order valence-electron chi connectivity index (χ1n) is 12.2. The number of rotatable bonds is 7. The third-order valence-electron chi connectivity index (χ3n) is 5.48. The lowest BCUT2D eigenvalue weighted by molar-refractivity contribution is -0.126. The largest absolute Gasteiger partial charge is 0.467 e. The molecule has 1 unspecified atom stereocenters. The number of anilines is 1. The number of nitrogens with zero attached hydrogens (tertiary/aromatic N) is 2. The molecule has 0 aliphatic carbocycles. The maximum absolute atomic E-state index is 13.7. The van der Waals surface area contributed by atoms with Crippen LogP contribution in [0.15, 0.2) is 76.3 Å². The van der Waals surface area contributed by atoms with Gasteiger partial charge in [-0.05, 0) is 75.7 Å². The van der Waals surface area contributed by atoms with E-state index >= 15 is 0 Å². The summed E-state index contributed by atoms with van der Waals surface area (Å²) >= 11 is 1.25. The van der Waals surface area contributed by atoms with Crippen molar-refractivity contribution < 1.29 is 27.9 Å². The van der Waals surface area contributed by atoms with Gasteiger partial charge in [-0.2, -0.15) is 0 Å². The average Bonchev–Trinajstić information content (AvgIpc) is 3.47. The second kappa shape index (κ2) is 11.7. The number of hydrogen-bond donors (Lipinski definition) is 2. The van der Waals surface area contributed by atoms with Crippen LogP contribution in [0.3, 0.4) is 0 Å². The van der Waals surface area contributed by atoms with Gasteiger partial charge in [-0.25, -0.2) is 14.2 Å². The van der Waals surface area contributed by atoms with E-state index in [9.17, 15) is 18.8 Å². The molecule has 1 aliphatic rings. The summed E-state index contributed by atoms with van der Waals surface area (Å²) in [5.74, 6) is -0.454. The predicted octanol–water partition coefficient (Wildman–Crippen LogP) is 5.77. The van der Waals surface area contributed by atoms with Crippen molar-refractivity contribution in [2.75, 3.05) is 5.32 Å². The topological polar surface area (TPSA) is 113 Å². The van der Waals surface area contributed by atoms with Crippen molar-refractivity contribution in [3.8, 4) is 0 Å². The lowest BCUT2D eigenvalue weighted by Crippen LogP contribution is -2.43. The molecule has 39 heavy (non-hydrogen) atoms. The Bertz CT molecular complexity index is 1370. The van der Waals surface area contributed by atoms with Crippen LogP contribution in [0.2, 0.25) is 0 Å². The molecule has 1 fully saturated rings. The van der Waals surface area contributed by atoms with Crippen molar-refractivity contribution in [3.05, 3.63) is 84.1 Å². The molecular weight excluding hydrogens is 523 g/mol. The van der Waals surface area contributed by atoms with Crippen molar-refractivity contribution in [1.82, 2.24) is 10.2 Å². The van der Waals surface area contributed by atoms with Crippen molar-refractivity contribution in [3.63, 3.8) is 0 Å². The molecule has 0 bridgehead atoms. The van der Waals surface area contributed by atoms with Crippen LogP contribution in [0.25, 0.3) is 0 Å². The number of amidine groups is 1. The Kier molecular flexibility index (Phi) is 8.39. The summed E-state index contributed by atoms with van der Waals surface area (Å²) in [5, 5.41) is 5.07. The van der Waals surface area contributed by atoms with E-state index in [2.05, 4.69) is 15.6 Å². The number of amides is 3. The normalized spacial score (nSPS) is 17.3. The summed E-state index contributed by atoms with van der Waals surface area (Å²) in [4.78, 5) is 44.0. The van der Waals surface area contributed by atoms with Gasteiger partial charge in [-0.15, -0.1) is 0 Å². The highest BCUT2D eigenvalue weighted by atomic mass is 32.2. The number of halogens is 1. The first-order valence-corrected chi connectivity index (χ1v) is 13.1. The Hall–Kier alpha value is -4.12. The molecule has 11 heteroatoms. The lowest BCUT2D eigenvalue weighted by Gasteiger charge is -2.21. The molecule has 1 aliphatic heterocycles. The maximum atomic E-state index is 13.7. The zero-order valence-electron chi connectivity index (χ0n) is 21.9. The van der Waals surface area contributed by atoms with Gasteiger partial charge in [-0.1, -0.05) is 30.0 Å². The number of aliphatic imine (C=N–C) groups is 1.